The molecule has 0 heterocycles. The van der Waals surface area contributed by atoms with Gasteiger partial charge in [0.05, 0.1) is 0 Å². The molecular formula is C10H9Br2F. The third-order valence-corrected chi connectivity index (χ3v) is 2.95. The van der Waals surface area contributed by atoms with Gasteiger partial charge in [-0.1, -0.05) is 49.6 Å². The highest BCUT2D eigenvalue weighted by Gasteiger charge is 1.99. The predicted octanol–water partition coefficient (Wildman–Crippen LogP) is 4.39. The lowest BCUT2D eigenvalue weighted by Gasteiger charge is -1.99. The van der Waals surface area contributed by atoms with Crippen molar-refractivity contribution in [3.63, 3.8) is 0 Å². The third kappa shape index (κ3) is 3.24. The lowest BCUT2D eigenvalue weighted by atomic mass is 10.1. The number of benzene rings is 1. The van der Waals surface area contributed by atoms with Gasteiger partial charge in [0, 0.05) is 15.4 Å². The summed E-state index contributed by atoms with van der Waals surface area (Å²) >= 11 is 6.52. The Bertz CT molecular complexity index is 332. The van der Waals surface area contributed by atoms with Crippen LogP contribution in [0.15, 0.2) is 28.2 Å². The number of hydrogen-bond donors (Lipinski definition) is 0. The van der Waals surface area contributed by atoms with E-state index in [4.69, 9.17) is 0 Å². The van der Waals surface area contributed by atoms with Gasteiger partial charge in [0.15, 0.2) is 0 Å². The number of hydrogen-bond acceptors (Lipinski definition) is 0. The third-order valence-electron chi connectivity index (χ3n) is 1.58. The number of halogens is 3. The first kappa shape index (κ1) is 10.9. The maximum Gasteiger partial charge on any atom is 0.131 e. The van der Waals surface area contributed by atoms with Crippen LogP contribution in [0, 0.1) is 5.82 Å². The second-order valence-electron chi connectivity index (χ2n) is 2.79. The zero-order chi connectivity index (χ0) is 9.84. The topological polar surface area (TPSA) is 0 Å². The Morgan fingerprint density at radius 2 is 2.23 bits per heavy atom. The standard InChI is InChI=1S/C10H9Br2F/c1-7(6-11)4-8-2-3-9(12)5-10(8)13/h2-5H,6H2,1H3. The Morgan fingerprint density at radius 3 is 2.77 bits per heavy atom. The van der Waals surface area contributed by atoms with Crippen LogP contribution in [-0.2, 0) is 0 Å². The van der Waals surface area contributed by atoms with Crippen molar-refractivity contribution in [1.82, 2.24) is 0 Å². The minimum Gasteiger partial charge on any atom is -0.206 e. The van der Waals surface area contributed by atoms with Crippen LogP contribution < -0.4 is 0 Å². The quantitative estimate of drug-likeness (QED) is 0.711. The van der Waals surface area contributed by atoms with E-state index in [9.17, 15) is 4.39 Å². The molecular weight excluding hydrogens is 299 g/mol. The number of alkyl halides is 1. The molecule has 0 saturated carbocycles. The van der Waals surface area contributed by atoms with Gasteiger partial charge in [0.2, 0.25) is 0 Å². The molecule has 0 N–H and O–H groups in total. The van der Waals surface area contributed by atoms with Gasteiger partial charge >= 0.3 is 0 Å². The molecule has 0 atom stereocenters. The van der Waals surface area contributed by atoms with Gasteiger partial charge in [-0.25, -0.2) is 4.39 Å². The summed E-state index contributed by atoms with van der Waals surface area (Å²) in [6.07, 6.45) is 1.83. The van der Waals surface area contributed by atoms with E-state index in [0.29, 0.717) is 5.56 Å². The highest BCUT2D eigenvalue weighted by Crippen LogP contribution is 2.17. The highest BCUT2D eigenvalue weighted by atomic mass is 79.9. The summed E-state index contributed by atoms with van der Waals surface area (Å²) in [7, 11) is 0. The Balaban J connectivity index is 3.03. The van der Waals surface area contributed by atoms with Crippen molar-refractivity contribution in [2.45, 2.75) is 6.92 Å². The molecule has 1 aromatic rings. The predicted molar refractivity (Wildman–Crippen MR) is 61.5 cm³/mol. The number of rotatable bonds is 2. The zero-order valence-corrected chi connectivity index (χ0v) is 10.3. The highest BCUT2D eigenvalue weighted by molar-refractivity contribution is 9.10. The monoisotopic (exact) mass is 306 g/mol. The van der Waals surface area contributed by atoms with Crippen LogP contribution >= 0.6 is 31.9 Å². The van der Waals surface area contributed by atoms with Crippen molar-refractivity contribution >= 4 is 37.9 Å². The van der Waals surface area contributed by atoms with Crippen LogP contribution in [0.5, 0.6) is 0 Å². The molecule has 0 fully saturated rings. The smallest absolute Gasteiger partial charge is 0.131 e. The van der Waals surface area contributed by atoms with Gasteiger partial charge in [-0.15, -0.1) is 0 Å². The van der Waals surface area contributed by atoms with E-state index in [2.05, 4.69) is 31.9 Å². The van der Waals surface area contributed by atoms with E-state index in [1.165, 1.54) is 6.07 Å². The van der Waals surface area contributed by atoms with Gasteiger partial charge < -0.3 is 0 Å². The molecule has 13 heavy (non-hydrogen) atoms. The van der Waals surface area contributed by atoms with Crippen molar-refractivity contribution in [3.8, 4) is 0 Å². The lowest BCUT2D eigenvalue weighted by Crippen LogP contribution is -1.84. The maximum atomic E-state index is 13.3. The molecule has 1 rings (SSSR count). The fourth-order valence-electron chi connectivity index (χ4n) is 0.923. The van der Waals surface area contributed by atoms with Gasteiger partial charge in [-0.2, -0.15) is 0 Å². The SMILES string of the molecule is CC(=Cc1ccc(Br)cc1F)CBr. The van der Waals surface area contributed by atoms with E-state index >= 15 is 0 Å². The second kappa shape index (κ2) is 4.91. The molecule has 3 heteroatoms. The summed E-state index contributed by atoms with van der Waals surface area (Å²) in [5.41, 5.74) is 1.72. The van der Waals surface area contributed by atoms with Crippen molar-refractivity contribution in [2.75, 3.05) is 5.33 Å². The first-order chi connectivity index (χ1) is 6.13. The largest absolute Gasteiger partial charge is 0.206 e. The van der Waals surface area contributed by atoms with Crippen molar-refractivity contribution in [3.05, 3.63) is 39.6 Å². The van der Waals surface area contributed by atoms with E-state index in [1.807, 2.05) is 19.1 Å². The van der Waals surface area contributed by atoms with Crippen molar-refractivity contribution in [2.24, 2.45) is 0 Å². The Labute approximate surface area is 94.1 Å². The molecule has 0 amide bonds. The molecule has 0 nitrogen and oxygen atoms in total. The molecule has 0 unspecified atom stereocenters. The maximum absolute atomic E-state index is 13.3. The fraction of sp³-hybridized carbons (Fsp3) is 0.200. The lowest BCUT2D eigenvalue weighted by molar-refractivity contribution is 0.624. The van der Waals surface area contributed by atoms with Gasteiger partial charge in [0.1, 0.15) is 5.82 Å². The Morgan fingerprint density at radius 1 is 1.54 bits per heavy atom. The van der Waals surface area contributed by atoms with Gasteiger partial charge in [-0.05, 0) is 19.1 Å². The summed E-state index contributed by atoms with van der Waals surface area (Å²) in [5.74, 6) is -0.199. The average Bonchev–Trinajstić information content (AvgIpc) is 2.09. The summed E-state index contributed by atoms with van der Waals surface area (Å²) in [4.78, 5) is 0. The van der Waals surface area contributed by atoms with Crippen LogP contribution in [0.3, 0.4) is 0 Å². The first-order valence-corrected chi connectivity index (χ1v) is 5.73. The second-order valence-corrected chi connectivity index (χ2v) is 4.27. The van der Waals surface area contributed by atoms with E-state index < -0.39 is 0 Å². The molecule has 0 spiro atoms. The van der Waals surface area contributed by atoms with Crippen LogP contribution in [0.1, 0.15) is 12.5 Å². The molecule has 0 aliphatic carbocycles. The first-order valence-electron chi connectivity index (χ1n) is 3.81. The molecule has 0 aliphatic heterocycles. The molecule has 0 saturated heterocycles. The van der Waals surface area contributed by atoms with Crippen LogP contribution in [-0.4, -0.2) is 5.33 Å². The van der Waals surface area contributed by atoms with Crippen LogP contribution in [0.4, 0.5) is 4.39 Å². The fourth-order valence-corrected chi connectivity index (χ4v) is 1.42. The molecule has 0 bridgehead atoms. The molecule has 0 aromatic heterocycles. The van der Waals surface area contributed by atoms with E-state index in [-0.39, 0.29) is 5.82 Å². The van der Waals surface area contributed by atoms with Crippen LogP contribution in [0.25, 0.3) is 6.08 Å². The van der Waals surface area contributed by atoms with E-state index in [0.717, 1.165) is 15.4 Å². The Hall–Kier alpha value is -0.150. The molecule has 1 aromatic carbocycles. The minimum atomic E-state index is -0.199. The van der Waals surface area contributed by atoms with Crippen LogP contribution in [0.2, 0.25) is 0 Å². The molecule has 0 radical (unpaired) electrons. The minimum absolute atomic E-state index is 0.199. The number of allylic oxidation sites excluding steroid dienone is 1. The Kier molecular flexibility index (Phi) is 4.13. The molecule has 0 aliphatic rings. The van der Waals surface area contributed by atoms with E-state index in [1.54, 1.807) is 6.07 Å². The summed E-state index contributed by atoms with van der Waals surface area (Å²) in [5, 5.41) is 0.766. The summed E-state index contributed by atoms with van der Waals surface area (Å²) in [6, 6.07) is 5.05. The molecule has 70 valence electrons. The summed E-state index contributed by atoms with van der Waals surface area (Å²) in [6.45, 7) is 1.95. The van der Waals surface area contributed by atoms with Gasteiger partial charge in [0.25, 0.3) is 0 Å². The zero-order valence-electron chi connectivity index (χ0n) is 7.15. The average molecular weight is 308 g/mol. The van der Waals surface area contributed by atoms with Gasteiger partial charge in [-0.3, -0.25) is 0 Å². The summed E-state index contributed by atoms with van der Waals surface area (Å²) < 4.78 is 14.0. The van der Waals surface area contributed by atoms with Crippen molar-refractivity contribution < 1.29 is 4.39 Å². The normalized spacial score (nSPS) is 11.8. The van der Waals surface area contributed by atoms with Crippen molar-refractivity contribution in [1.29, 1.82) is 0 Å².